The number of alkyl carbamates (subject to hydrolysis) is 1. The van der Waals surface area contributed by atoms with Gasteiger partial charge in [-0.25, -0.2) is 13.2 Å². The van der Waals surface area contributed by atoms with Crippen molar-refractivity contribution in [2.45, 2.75) is 57.7 Å². The van der Waals surface area contributed by atoms with Crippen molar-refractivity contribution in [3.05, 3.63) is 59.4 Å². The van der Waals surface area contributed by atoms with E-state index in [1.54, 1.807) is 68.2 Å². The highest BCUT2D eigenvalue weighted by atomic mass is 32.2. The highest BCUT2D eigenvalue weighted by Gasteiger charge is 2.25. The molecule has 0 aliphatic rings. The third-order valence-electron chi connectivity index (χ3n) is 6.29. The molecule has 2 aromatic heterocycles. The molecule has 0 saturated heterocycles. The van der Waals surface area contributed by atoms with E-state index in [0.29, 0.717) is 29.7 Å². The first-order valence-corrected chi connectivity index (χ1v) is 15.2. The van der Waals surface area contributed by atoms with Gasteiger partial charge >= 0.3 is 6.09 Å². The van der Waals surface area contributed by atoms with Gasteiger partial charge in [0.1, 0.15) is 33.9 Å². The molecule has 236 valence electrons. The van der Waals surface area contributed by atoms with E-state index in [4.69, 9.17) is 18.7 Å². The summed E-state index contributed by atoms with van der Waals surface area (Å²) in [6, 6.07) is 8.43. The maximum absolute atomic E-state index is 13.3. The SMILES string of the molecule is CCc1ccc(OC)c(S(=O)(=O)Nc2noc3cc(Cn4cc(CNC(=O)CNC(=O)OC(C)(C)C)cn4)cc(OC)c23)c1. The second kappa shape index (κ2) is 13.2. The van der Waals surface area contributed by atoms with Crippen molar-refractivity contribution in [2.75, 3.05) is 25.5 Å². The molecule has 2 amide bonds. The first kappa shape index (κ1) is 32.1. The number of sulfonamides is 1. The van der Waals surface area contributed by atoms with Gasteiger partial charge in [-0.05, 0) is 62.6 Å². The number of amides is 2. The van der Waals surface area contributed by atoms with Crippen molar-refractivity contribution < 1.29 is 36.7 Å². The zero-order valence-electron chi connectivity index (χ0n) is 25.4. The Bertz CT molecular complexity index is 1760. The lowest BCUT2D eigenvalue weighted by Crippen LogP contribution is -2.39. The Morgan fingerprint density at radius 3 is 2.43 bits per heavy atom. The van der Waals surface area contributed by atoms with E-state index in [2.05, 4.69) is 25.6 Å². The molecular formula is C29H36N6O8S. The zero-order valence-corrected chi connectivity index (χ0v) is 26.2. The van der Waals surface area contributed by atoms with Crippen LogP contribution in [0.15, 0.2) is 52.1 Å². The van der Waals surface area contributed by atoms with Gasteiger partial charge in [0.2, 0.25) is 5.91 Å². The van der Waals surface area contributed by atoms with Gasteiger partial charge in [0.05, 0.1) is 27.0 Å². The lowest BCUT2D eigenvalue weighted by Gasteiger charge is -2.19. The van der Waals surface area contributed by atoms with Crippen LogP contribution in [0.1, 0.15) is 44.4 Å². The Kier molecular flexibility index (Phi) is 9.67. The van der Waals surface area contributed by atoms with E-state index in [0.717, 1.165) is 16.7 Å². The monoisotopic (exact) mass is 628 g/mol. The summed E-state index contributed by atoms with van der Waals surface area (Å²) in [7, 11) is -1.22. The largest absolute Gasteiger partial charge is 0.496 e. The van der Waals surface area contributed by atoms with E-state index in [9.17, 15) is 18.0 Å². The number of ether oxygens (including phenoxy) is 3. The number of aryl methyl sites for hydroxylation is 1. The minimum Gasteiger partial charge on any atom is -0.496 e. The second-order valence-corrected chi connectivity index (χ2v) is 12.5. The summed E-state index contributed by atoms with van der Waals surface area (Å²) < 4.78 is 52.3. The van der Waals surface area contributed by atoms with E-state index < -0.39 is 21.7 Å². The fraction of sp³-hybridized carbons (Fsp3) is 0.379. The fourth-order valence-corrected chi connectivity index (χ4v) is 5.47. The third-order valence-corrected chi connectivity index (χ3v) is 7.65. The highest BCUT2D eigenvalue weighted by Crippen LogP contribution is 2.36. The van der Waals surface area contributed by atoms with Gasteiger partial charge in [-0.3, -0.25) is 14.2 Å². The Balaban J connectivity index is 1.44. The lowest BCUT2D eigenvalue weighted by atomic mass is 10.1. The standard InChI is InChI=1S/C29H36N6O8S/c1-7-18-8-9-21(40-5)24(12-18)44(38,39)34-27-26-22(41-6)10-19(11-23(26)43-33-27)16-35-17-20(14-32-35)13-30-25(36)15-31-28(37)42-29(2,3)4/h8-12,14,17H,7,13,15-16H2,1-6H3,(H,30,36)(H,31,37)(H,33,34). The van der Waals surface area contributed by atoms with E-state index in [1.165, 1.54) is 14.2 Å². The molecule has 0 unspecified atom stereocenters. The smallest absolute Gasteiger partial charge is 0.408 e. The summed E-state index contributed by atoms with van der Waals surface area (Å²) >= 11 is 0. The predicted octanol–water partition coefficient (Wildman–Crippen LogP) is 3.59. The Morgan fingerprint density at radius 2 is 1.75 bits per heavy atom. The summed E-state index contributed by atoms with van der Waals surface area (Å²) in [5, 5.41) is 13.8. The maximum Gasteiger partial charge on any atom is 0.408 e. The molecular weight excluding hydrogens is 592 g/mol. The van der Waals surface area contributed by atoms with Gasteiger partial charge in [0, 0.05) is 18.3 Å². The van der Waals surface area contributed by atoms with Crippen LogP contribution in [-0.2, 0) is 39.1 Å². The predicted molar refractivity (Wildman–Crippen MR) is 161 cm³/mol. The molecule has 15 heteroatoms. The molecule has 0 aliphatic heterocycles. The van der Waals surface area contributed by atoms with Gasteiger partial charge in [-0.1, -0.05) is 18.1 Å². The van der Waals surface area contributed by atoms with Crippen LogP contribution in [0.4, 0.5) is 10.6 Å². The van der Waals surface area contributed by atoms with Crippen LogP contribution in [0.5, 0.6) is 11.5 Å². The summed E-state index contributed by atoms with van der Waals surface area (Å²) in [5.74, 6) is 0.146. The van der Waals surface area contributed by atoms with Gasteiger partial charge in [-0.2, -0.15) is 5.10 Å². The van der Waals surface area contributed by atoms with Crippen molar-refractivity contribution in [3.63, 3.8) is 0 Å². The number of carbonyl (C=O) groups is 2. The normalized spacial score (nSPS) is 11.7. The number of rotatable bonds is 12. The van der Waals surface area contributed by atoms with E-state index >= 15 is 0 Å². The van der Waals surface area contributed by atoms with Gasteiger partial charge < -0.3 is 29.4 Å². The second-order valence-electron chi connectivity index (χ2n) is 10.8. The number of nitrogens with zero attached hydrogens (tertiary/aromatic N) is 3. The topological polar surface area (TPSA) is 176 Å². The highest BCUT2D eigenvalue weighted by molar-refractivity contribution is 7.92. The van der Waals surface area contributed by atoms with Crippen LogP contribution in [0.25, 0.3) is 11.0 Å². The van der Waals surface area contributed by atoms with Crippen molar-refractivity contribution in [3.8, 4) is 11.5 Å². The number of hydrogen-bond donors (Lipinski definition) is 3. The summed E-state index contributed by atoms with van der Waals surface area (Å²) in [6.07, 6.45) is 3.35. The Labute approximate surface area is 255 Å². The number of methoxy groups -OCH3 is 2. The van der Waals surface area contributed by atoms with Crippen LogP contribution >= 0.6 is 0 Å². The van der Waals surface area contributed by atoms with Crippen molar-refractivity contribution in [2.24, 2.45) is 0 Å². The molecule has 2 aromatic carbocycles. The molecule has 14 nitrogen and oxygen atoms in total. The molecule has 0 atom stereocenters. The third kappa shape index (κ3) is 7.98. The zero-order chi connectivity index (χ0) is 32.1. The Hall–Kier alpha value is -4.79. The van der Waals surface area contributed by atoms with E-state index in [1.807, 2.05) is 6.92 Å². The van der Waals surface area contributed by atoms with Gasteiger partial charge in [0.25, 0.3) is 10.0 Å². The number of carbonyl (C=O) groups excluding carboxylic acids is 2. The molecule has 4 aromatic rings. The van der Waals surface area contributed by atoms with Crippen LogP contribution < -0.4 is 24.8 Å². The van der Waals surface area contributed by atoms with Crippen LogP contribution in [0.2, 0.25) is 0 Å². The first-order valence-electron chi connectivity index (χ1n) is 13.7. The lowest BCUT2D eigenvalue weighted by molar-refractivity contribution is -0.120. The fourth-order valence-electron chi connectivity index (χ4n) is 4.25. The van der Waals surface area contributed by atoms with Crippen molar-refractivity contribution in [1.29, 1.82) is 0 Å². The van der Waals surface area contributed by atoms with Gasteiger partial charge in [0.15, 0.2) is 11.4 Å². The molecule has 0 spiro atoms. The number of nitrogens with one attached hydrogen (secondary N) is 3. The minimum atomic E-state index is -4.08. The molecule has 0 aliphatic carbocycles. The molecule has 44 heavy (non-hydrogen) atoms. The first-order chi connectivity index (χ1) is 20.8. The van der Waals surface area contributed by atoms with E-state index in [-0.39, 0.29) is 35.5 Å². The quantitative estimate of drug-likeness (QED) is 0.210. The number of fused-ring (bicyclic) bond motifs is 1. The number of benzene rings is 2. The summed E-state index contributed by atoms with van der Waals surface area (Å²) in [5.41, 5.74) is 1.97. The molecule has 2 heterocycles. The van der Waals surface area contributed by atoms with Crippen molar-refractivity contribution in [1.82, 2.24) is 25.6 Å². The summed E-state index contributed by atoms with van der Waals surface area (Å²) in [4.78, 5) is 23.8. The van der Waals surface area contributed by atoms with Crippen LogP contribution in [0.3, 0.4) is 0 Å². The number of aromatic nitrogens is 3. The summed E-state index contributed by atoms with van der Waals surface area (Å²) in [6.45, 7) is 7.43. The molecule has 4 rings (SSSR count). The number of hydrogen-bond acceptors (Lipinski definition) is 10. The van der Waals surface area contributed by atoms with Crippen LogP contribution in [0, 0.1) is 0 Å². The molecule has 3 N–H and O–H groups in total. The number of anilines is 1. The maximum atomic E-state index is 13.3. The average molecular weight is 629 g/mol. The van der Waals surface area contributed by atoms with Crippen molar-refractivity contribution >= 4 is 38.8 Å². The Morgan fingerprint density at radius 1 is 1.00 bits per heavy atom. The molecule has 0 fully saturated rings. The molecule has 0 bridgehead atoms. The minimum absolute atomic E-state index is 0.0175. The molecule has 0 saturated carbocycles. The molecule has 0 radical (unpaired) electrons. The van der Waals surface area contributed by atoms with Gasteiger partial charge in [-0.15, -0.1) is 0 Å². The average Bonchev–Trinajstić information content (AvgIpc) is 3.59. The van der Waals surface area contributed by atoms with Crippen LogP contribution in [-0.4, -0.2) is 61.7 Å².